The summed E-state index contributed by atoms with van der Waals surface area (Å²) in [6.45, 7) is 6.36. The van der Waals surface area contributed by atoms with Gasteiger partial charge in [0.2, 0.25) is 5.91 Å². The summed E-state index contributed by atoms with van der Waals surface area (Å²) in [6, 6.07) is 4.25. The third-order valence-electron chi connectivity index (χ3n) is 6.14. The van der Waals surface area contributed by atoms with Crippen LogP contribution in [-0.2, 0) is 16.8 Å². The van der Waals surface area contributed by atoms with Crippen molar-refractivity contribution in [2.24, 2.45) is 0 Å². The summed E-state index contributed by atoms with van der Waals surface area (Å²) in [4.78, 5) is 14.4. The van der Waals surface area contributed by atoms with Crippen LogP contribution in [0.1, 0.15) is 44.2 Å². The Kier molecular flexibility index (Phi) is 5.10. The number of hydrogen-bond acceptors (Lipinski definition) is 5. The van der Waals surface area contributed by atoms with Crippen molar-refractivity contribution in [1.29, 1.82) is 0 Å². The molecule has 6 heteroatoms. The van der Waals surface area contributed by atoms with E-state index in [4.69, 9.17) is 9.47 Å². The summed E-state index contributed by atoms with van der Waals surface area (Å²) in [6.07, 6.45) is 5.49. The van der Waals surface area contributed by atoms with Gasteiger partial charge in [-0.2, -0.15) is 0 Å². The fourth-order valence-corrected chi connectivity index (χ4v) is 4.84. The van der Waals surface area contributed by atoms with E-state index >= 15 is 0 Å². The fraction of sp³-hybridized carbons (Fsp3) is 0.591. The van der Waals surface area contributed by atoms with Crippen molar-refractivity contribution in [3.63, 3.8) is 0 Å². The number of carbonyl (C=O) groups is 1. The standard InChI is InChI=1S/C22H30N2O4/c1-14(2)23-19(26)7-10-24-11-9-22-8-6-16(25)12-18(22)28-21-17(27-3)5-4-15(13-24)20(21)22/h4-6,8,14,16,18,25H,7,9-13H2,1-3H3,(H,23,26)/t16-,18-,22?/m1/s1. The fourth-order valence-electron chi connectivity index (χ4n) is 4.84. The van der Waals surface area contributed by atoms with E-state index in [2.05, 4.69) is 22.4 Å². The van der Waals surface area contributed by atoms with Gasteiger partial charge in [-0.3, -0.25) is 9.69 Å². The summed E-state index contributed by atoms with van der Waals surface area (Å²) < 4.78 is 11.9. The lowest BCUT2D eigenvalue weighted by Crippen LogP contribution is -2.43. The Morgan fingerprint density at radius 2 is 2.29 bits per heavy atom. The van der Waals surface area contributed by atoms with E-state index in [-0.39, 0.29) is 23.5 Å². The molecule has 3 atom stereocenters. The molecular weight excluding hydrogens is 356 g/mol. The van der Waals surface area contributed by atoms with Crippen LogP contribution in [0.4, 0.5) is 0 Å². The Morgan fingerprint density at radius 3 is 3.04 bits per heavy atom. The molecule has 1 unspecified atom stereocenters. The zero-order valence-electron chi connectivity index (χ0n) is 16.9. The Bertz CT molecular complexity index is 791. The molecule has 0 saturated carbocycles. The van der Waals surface area contributed by atoms with Gasteiger partial charge < -0.3 is 19.9 Å². The molecule has 1 spiro atoms. The second-order valence-electron chi connectivity index (χ2n) is 8.44. The van der Waals surface area contributed by atoms with E-state index in [1.165, 1.54) is 11.1 Å². The summed E-state index contributed by atoms with van der Waals surface area (Å²) in [5.74, 6) is 1.67. The third-order valence-corrected chi connectivity index (χ3v) is 6.14. The number of aliphatic hydroxyl groups is 1. The van der Waals surface area contributed by atoms with Gasteiger partial charge in [-0.15, -0.1) is 0 Å². The van der Waals surface area contributed by atoms with Gasteiger partial charge in [0.25, 0.3) is 0 Å². The third kappa shape index (κ3) is 3.29. The van der Waals surface area contributed by atoms with Crippen LogP contribution in [0, 0.1) is 0 Å². The SMILES string of the molecule is COc1ccc2c3c1O[C@@H]1C[C@H](O)C=CC31CCN(CCC(=O)NC(C)C)C2. The zero-order valence-corrected chi connectivity index (χ0v) is 16.9. The average molecular weight is 386 g/mol. The average Bonchev–Trinajstić information content (AvgIpc) is 2.89. The number of ether oxygens (including phenoxy) is 2. The van der Waals surface area contributed by atoms with Gasteiger partial charge in [0.05, 0.1) is 18.6 Å². The molecular formula is C22H30N2O4. The zero-order chi connectivity index (χ0) is 19.9. The van der Waals surface area contributed by atoms with Crippen LogP contribution in [0.25, 0.3) is 0 Å². The highest BCUT2D eigenvalue weighted by Crippen LogP contribution is 2.55. The van der Waals surface area contributed by atoms with Crippen LogP contribution >= 0.6 is 0 Å². The summed E-state index contributed by atoms with van der Waals surface area (Å²) in [5, 5.41) is 13.1. The number of carbonyl (C=O) groups excluding carboxylic acids is 1. The predicted octanol–water partition coefficient (Wildman–Crippen LogP) is 2.14. The lowest BCUT2D eigenvalue weighted by Gasteiger charge is -2.35. The number of benzene rings is 1. The van der Waals surface area contributed by atoms with Crippen LogP contribution in [-0.4, -0.2) is 54.4 Å². The minimum Gasteiger partial charge on any atom is -0.493 e. The highest BCUT2D eigenvalue weighted by molar-refractivity contribution is 5.76. The molecule has 2 heterocycles. The summed E-state index contributed by atoms with van der Waals surface area (Å²) >= 11 is 0. The van der Waals surface area contributed by atoms with Gasteiger partial charge in [0, 0.05) is 37.5 Å². The summed E-state index contributed by atoms with van der Waals surface area (Å²) in [7, 11) is 1.66. The Balaban J connectivity index is 1.63. The molecule has 2 N–H and O–H groups in total. The Labute approximate surface area is 166 Å². The minimum atomic E-state index is -0.474. The van der Waals surface area contributed by atoms with E-state index < -0.39 is 6.10 Å². The van der Waals surface area contributed by atoms with Crippen molar-refractivity contribution in [3.8, 4) is 11.5 Å². The molecule has 0 radical (unpaired) electrons. The lowest BCUT2D eigenvalue weighted by molar-refractivity contribution is -0.121. The molecule has 4 rings (SSSR count). The first kappa shape index (κ1) is 19.3. The molecule has 1 aliphatic carbocycles. The highest BCUT2D eigenvalue weighted by atomic mass is 16.5. The van der Waals surface area contributed by atoms with E-state index in [0.29, 0.717) is 12.8 Å². The van der Waals surface area contributed by atoms with Crippen molar-refractivity contribution in [2.45, 2.75) is 63.3 Å². The number of rotatable bonds is 5. The Hall–Kier alpha value is -2.05. The molecule has 0 fully saturated rings. The Morgan fingerprint density at radius 1 is 1.46 bits per heavy atom. The largest absolute Gasteiger partial charge is 0.493 e. The number of methoxy groups -OCH3 is 1. The van der Waals surface area contributed by atoms with E-state index in [1.807, 2.05) is 26.0 Å². The molecule has 0 bridgehead atoms. The normalized spacial score (nSPS) is 28.3. The predicted molar refractivity (Wildman–Crippen MR) is 107 cm³/mol. The van der Waals surface area contributed by atoms with E-state index in [1.54, 1.807) is 7.11 Å². The first-order valence-electron chi connectivity index (χ1n) is 10.2. The molecule has 3 aliphatic rings. The monoisotopic (exact) mass is 386 g/mol. The van der Waals surface area contributed by atoms with Gasteiger partial charge in [0.1, 0.15) is 6.10 Å². The van der Waals surface area contributed by atoms with Gasteiger partial charge in [-0.05, 0) is 38.4 Å². The van der Waals surface area contributed by atoms with Crippen LogP contribution in [0.2, 0.25) is 0 Å². The minimum absolute atomic E-state index is 0.0817. The van der Waals surface area contributed by atoms with Gasteiger partial charge >= 0.3 is 0 Å². The van der Waals surface area contributed by atoms with Gasteiger partial charge in [0.15, 0.2) is 11.5 Å². The summed E-state index contributed by atoms with van der Waals surface area (Å²) in [5.41, 5.74) is 2.20. The van der Waals surface area contributed by atoms with Crippen molar-refractivity contribution in [1.82, 2.24) is 10.2 Å². The lowest BCUT2D eigenvalue weighted by atomic mass is 9.69. The second kappa shape index (κ2) is 7.41. The second-order valence-corrected chi connectivity index (χ2v) is 8.44. The van der Waals surface area contributed by atoms with Crippen molar-refractivity contribution in [3.05, 3.63) is 35.4 Å². The van der Waals surface area contributed by atoms with Crippen molar-refractivity contribution >= 4 is 5.91 Å². The van der Waals surface area contributed by atoms with Gasteiger partial charge in [-0.25, -0.2) is 0 Å². The van der Waals surface area contributed by atoms with E-state index in [0.717, 1.165) is 37.6 Å². The van der Waals surface area contributed by atoms with Crippen LogP contribution in [0.5, 0.6) is 11.5 Å². The number of hydrogen-bond donors (Lipinski definition) is 2. The number of aliphatic hydroxyl groups excluding tert-OH is 1. The van der Waals surface area contributed by atoms with Crippen molar-refractivity contribution in [2.75, 3.05) is 20.2 Å². The topological polar surface area (TPSA) is 71.0 Å². The molecule has 6 nitrogen and oxygen atoms in total. The maximum atomic E-state index is 12.1. The van der Waals surface area contributed by atoms with E-state index in [9.17, 15) is 9.90 Å². The molecule has 152 valence electrons. The maximum absolute atomic E-state index is 12.1. The highest BCUT2D eigenvalue weighted by Gasteiger charge is 2.52. The molecule has 1 amide bonds. The molecule has 2 aliphatic heterocycles. The van der Waals surface area contributed by atoms with Crippen LogP contribution in [0.3, 0.4) is 0 Å². The molecule has 1 aromatic rings. The number of nitrogens with zero attached hydrogens (tertiary/aromatic N) is 1. The number of amides is 1. The molecule has 0 saturated heterocycles. The van der Waals surface area contributed by atoms with Gasteiger partial charge in [-0.1, -0.05) is 18.2 Å². The molecule has 0 aromatic heterocycles. The van der Waals surface area contributed by atoms with Crippen molar-refractivity contribution < 1.29 is 19.4 Å². The molecule has 1 aromatic carbocycles. The maximum Gasteiger partial charge on any atom is 0.221 e. The quantitative estimate of drug-likeness (QED) is 0.759. The van der Waals surface area contributed by atoms with Crippen LogP contribution in [0.15, 0.2) is 24.3 Å². The smallest absolute Gasteiger partial charge is 0.221 e. The first-order chi connectivity index (χ1) is 13.4. The number of nitrogens with one attached hydrogen (secondary N) is 1. The first-order valence-corrected chi connectivity index (χ1v) is 10.2. The molecule has 28 heavy (non-hydrogen) atoms. The van der Waals surface area contributed by atoms with Crippen LogP contribution < -0.4 is 14.8 Å².